The number of carbonyl (C=O) groups excluding carboxylic acids is 3. The van der Waals surface area contributed by atoms with Gasteiger partial charge in [0.2, 0.25) is 0 Å². The Kier molecular flexibility index (Phi) is 36.2. The number of hydrogen-bond acceptors (Lipinski definition) is 21. The Bertz CT molecular complexity index is 3410. The molecule has 111 heavy (non-hydrogen) atoms. The van der Waals surface area contributed by atoms with Crippen LogP contribution in [0.5, 0.6) is 0 Å². The van der Waals surface area contributed by atoms with Gasteiger partial charge in [-0.3, -0.25) is 0 Å². The quantitative estimate of drug-likeness (QED) is 0.0539. The second-order valence-electron chi connectivity index (χ2n) is 32.8. The Morgan fingerprint density at radius 1 is 0.405 bits per heavy atom. The van der Waals surface area contributed by atoms with Crippen molar-refractivity contribution in [3.63, 3.8) is 0 Å². The van der Waals surface area contributed by atoms with Crippen molar-refractivity contribution in [1.82, 2.24) is 0 Å². The maximum atomic E-state index is 12.7. The van der Waals surface area contributed by atoms with Crippen LogP contribution in [0, 0.1) is 17.8 Å². The Labute approximate surface area is 658 Å². The number of esters is 3. The van der Waals surface area contributed by atoms with E-state index in [1.807, 2.05) is 61.6 Å². The summed E-state index contributed by atoms with van der Waals surface area (Å²) in [6.45, 7) is 26.7. The average molecular weight is 1550 g/mol. The summed E-state index contributed by atoms with van der Waals surface area (Å²) in [5.74, 6) is -0.508. The second kappa shape index (κ2) is 45.3. The summed E-state index contributed by atoms with van der Waals surface area (Å²) in [6, 6.07) is 0. The Morgan fingerprint density at radius 2 is 0.829 bits per heavy atom. The topological polar surface area (TPSA) is 298 Å². The first kappa shape index (κ1) is 88.9. The fourth-order valence-corrected chi connectivity index (χ4v) is 16.2. The number of cyclic esters (lactones) is 2. The number of aliphatic hydroxyl groups excluding tert-OH is 7. The first-order chi connectivity index (χ1) is 53.2. The van der Waals surface area contributed by atoms with Crippen LogP contribution in [0.2, 0.25) is 0 Å². The van der Waals surface area contributed by atoms with Gasteiger partial charge in [-0.15, -0.1) is 0 Å². The molecular formula is C90H128O21. The van der Waals surface area contributed by atoms with Gasteiger partial charge in [-0.2, -0.15) is 0 Å². The molecule has 11 aliphatic heterocycles. The zero-order valence-electron chi connectivity index (χ0n) is 66.3. The smallest absolute Gasteiger partial charge is 0.331 e. The molecule has 0 aromatic rings. The highest BCUT2D eigenvalue weighted by atomic mass is 16.6. The van der Waals surface area contributed by atoms with Gasteiger partial charge in [0.1, 0.15) is 42.7 Å². The van der Waals surface area contributed by atoms with E-state index in [0.29, 0.717) is 69.7 Å². The molecule has 8 bridgehead atoms. The zero-order valence-corrected chi connectivity index (χ0v) is 66.3. The molecular weight excluding hydrogens is 1420 g/mol. The minimum absolute atomic E-state index is 0.0723. The molecule has 0 aromatic carbocycles. The lowest BCUT2D eigenvalue weighted by Crippen LogP contribution is -2.37. The Morgan fingerprint density at radius 3 is 1.31 bits per heavy atom. The molecule has 21 heteroatoms. The zero-order chi connectivity index (χ0) is 79.5. The van der Waals surface area contributed by atoms with Gasteiger partial charge in [-0.1, -0.05) is 177 Å². The number of ether oxygens (including phenoxy) is 11. The number of hydrogen-bond donors (Lipinski definition) is 7. The second-order valence-corrected chi connectivity index (χ2v) is 32.8. The van der Waals surface area contributed by atoms with Gasteiger partial charge >= 0.3 is 17.9 Å². The molecule has 11 rings (SSSR count). The SMILES string of the molecule is C=C1C[C@H](C)C[C@@H]2CC=C[C@@H](C/C=C\C(=O)O[C@@H](/C=C/[C@@H]3CC(C)=CCO3)[C@@H](O)CC[C@@H](O)[C@@H](O)C1)O2.C=C1C[C@H](C)C[C@@H]2CC=C[C@@H](C/C=C\C(=O)O[C@H]([C@@H](O)/C=C/[C@@H]3CC(C)=CCO3)C[C@@H]3O[C@H]3[C@@H](O)C1)O2.C=C1C[C@H](C)C[C@@H]2CC=C[C@@H](C/C=C\C(=O)O[C@H]3C[C@@H](O[C@H]3/C=C/[C@@H]3CC(C)=CCO3)[C@@H](O)[C@@H](O)C1)O2. The molecule has 2 saturated heterocycles. The Balaban J connectivity index is 0.000000191. The lowest BCUT2D eigenvalue weighted by atomic mass is 9.90. The van der Waals surface area contributed by atoms with Crippen LogP contribution in [0.1, 0.15) is 183 Å². The summed E-state index contributed by atoms with van der Waals surface area (Å²) < 4.78 is 64.7. The van der Waals surface area contributed by atoms with Gasteiger partial charge in [-0.05, 0) is 173 Å². The molecule has 0 aromatic heterocycles. The van der Waals surface area contributed by atoms with Crippen LogP contribution < -0.4 is 0 Å². The highest BCUT2D eigenvalue weighted by molar-refractivity contribution is 5.83. The summed E-state index contributed by atoms with van der Waals surface area (Å²) in [4.78, 5) is 37.9. The van der Waals surface area contributed by atoms with Gasteiger partial charge in [0.25, 0.3) is 0 Å². The van der Waals surface area contributed by atoms with Crippen molar-refractivity contribution in [3.05, 3.63) is 181 Å². The van der Waals surface area contributed by atoms with E-state index in [4.69, 9.17) is 52.1 Å². The fraction of sp³-hybridized carbons (Fsp3) is 0.633. The van der Waals surface area contributed by atoms with Crippen molar-refractivity contribution >= 4 is 17.9 Å². The molecule has 21 nitrogen and oxygen atoms in total. The molecule has 11 aliphatic rings. The lowest BCUT2D eigenvalue weighted by Gasteiger charge is -2.28. The number of epoxide rings is 1. The van der Waals surface area contributed by atoms with Crippen molar-refractivity contribution in [2.45, 2.75) is 323 Å². The van der Waals surface area contributed by atoms with Crippen LogP contribution in [-0.4, -0.2) is 214 Å². The molecule has 0 amide bonds. The molecule has 0 unspecified atom stereocenters. The van der Waals surface area contributed by atoms with Crippen LogP contribution in [-0.2, 0) is 66.5 Å². The van der Waals surface area contributed by atoms with Gasteiger partial charge in [-0.25, -0.2) is 14.4 Å². The fourth-order valence-electron chi connectivity index (χ4n) is 16.2. The molecule has 0 aliphatic carbocycles. The molecule has 2 fully saturated rings. The number of rotatable bonds is 7. The number of aliphatic hydroxyl groups is 7. The number of carbonyl (C=O) groups is 3. The van der Waals surface area contributed by atoms with Crippen molar-refractivity contribution in [3.8, 4) is 0 Å². The first-order valence-corrected chi connectivity index (χ1v) is 40.7. The molecule has 614 valence electrons. The third-order valence-electron chi connectivity index (χ3n) is 22.1. The summed E-state index contributed by atoms with van der Waals surface area (Å²) in [6.07, 6.45) is 41.0. The number of fused-ring (bicyclic) bond motifs is 9. The molecule has 11 heterocycles. The standard InChI is InChI=1S/2C30H42O7.C30H44O7/c1-19-12-13-34-23(15-19)10-11-26-27-18-28(36-26)30(33)25(31)17-21(3)14-20(2)16-24-8-4-6-22(35-24)7-5-9-29(32)37-27;1-19-12-13-34-23(15-19)10-11-25(31)27-18-28-30(37-28)26(32)17-21(3)14-20(2)16-24-8-4-6-22(35-24)7-5-9-29(33)36-27;1-20-14-15-35-24(17-20)10-13-29-27(32)12-11-26(31)28(33)19-22(3)16-21(2)18-25-8-4-6-23(36-25)7-5-9-30(34)37-29/h4-6,9-12,20,22-28,30-31,33H,3,7-8,13-18H2,1-2H3;4-6,9-12,20,22-28,30-32H,3,7-8,13-18H2,1-2H3;4-6,9-10,13-14,21,23-29,31-33H,3,7-8,11-12,15-19H2,1-2H3/b2*9-5-,11-10+;9-5-,13-10+/t20-,22-,23+,24-,25-,26-,27-,28+,30-;20-,22-,23+,24-,25-,26-,27-,28-,30-;21-,23-,24+,25-,26+,27-,28-,29-/m000/s1. The van der Waals surface area contributed by atoms with E-state index in [9.17, 15) is 50.1 Å². The van der Waals surface area contributed by atoms with E-state index in [1.165, 1.54) is 34.9 Å². The normalized spacial score (nSPS) is 39.6. The lowest BCUT2D eigenvalue weighted by molar-refractivity contribution is -0.148. The summed E-state index contributed by atoms with van der Waals surface area (Å²) in [5, 5.41) is 75.3. The molecule has 0 spiro atoms. The maximum absolute atomic E-state index is 12.7. The molecule has 0 saturated carbocycles. The van der Waals surface area contributed by atoms with Crippen molar-refractivity contribution in [1.29, 1.82) is 0 Å². The van der Waals surface area contributed by atoms with Gasteiger partial charge in [0.05, 0.1) is 117 Å². The highest BCUT2D eigenvalue weighted by Crippen LogP contribution is 2.37. The van der Waals surface area contributed by atoms with Crippen LogP contribution in [0.25, 0.3) is 0 Å². The van der Waals surface area contributed by atoms with E-state index in [-0.39, 0.29) is 99.2 Å². The summed E-state index contributed by atoms with van der Waals surface area (Å²) >= 11 is 0. The largest absolute Gasteiger partial charge is 0.456 e. The molecule has 26 atom stereocenters. The van der Waals surface area contributed by atoms with Gasteiger partial charge in [0.15, 0.2) is 0 Å². The van der Waals surface area contributed by atoms with Gasteiger partial charge in [0, 0.05) is 31.1 Å². The van der Waals surface area contributed by atoms with Crippen molar-refractivity contribution in [2.24, 2.45) is 17.8 Å². The minimum atomic E-state index is -1.12. The molecule has 0 radical (unpaired) electrons. The van der Waals surface area contributed by atoms with Crippen LogP contribution in [0.3, 0.4) is 0 Å². The first-order valence-electron chi connectivity index (χ1n) is 40.7. The van der Waals surface area contributed by atoms with E-state index in [2.05, 4.69) is 78.7 Å². The Hall–Kier alpha value is -6.09. The predicted molar refractivity (Wildman–Crippen MR) is 424 cm³/mol. The van der Waals surface area contributed by atoms with E-state index in [1.54, 1.807) is 30.4 Å². The van der Waals surface area contributed by atoms with Crippen molar-refractivity contribution < 1.29 is 102 Å². The van der Waals surface area contributed by atoms with Gasteiger partial charge < -0.3 is 87.9 Å². The highest BCUT2D eigenvalue weighted by Gasteiger charge is 2.47. The average Bonchev–Trinajstić information content (AvgIpc) is 1.66. The predicted octanol–water partition coefficient (Wildman–Crippen LogP) is 12.3. The summed E-state index contributed by atoms with van der Waals surface area (Å²) in [5.41, 5.74) is 6.49. The molecule has 7 N–H and O–H groups in total. The third-order valence-corrected chi connectivity index (χ3v) is 22.1. The minimum Gasteiger partial charge on any atom is -0.456 e. The summed E-state index contributed by atoms with van der Waals surface area (Å²) in [7, 11) is 0. The van der Waals surface area contributed by atoms with E-state index < -0.39 is 91.2 Å². The third kappa shape index (κ3) is 31.2. The maximum Gasteiger partial charge on any atom is 0.331 e. The van der Waals surface area contributed by atoms with Crippen molar-refractivity contribution in [2.75, 3.05) is 19.8 Å². The van der Waals surface area contributed by atoms with Crippen LogP contribution in [0.4, 0.5) is 0 Å². The van der Waals surface area contributed by atoms with Crippen LogP contribution in [0.15, 0.2) is 181 Å². The van der Waals surface area contributed by atoms with Crippen LogP contribution >= 0.6 is 0 Å². The van der Waals surface area contributed by atoms with E-state index in [0.717, 1.165) is 93.8 Å². The van der Waals surface area contributed by atoms with E-state index >= 15 is 0 Å². The monoisotopic (exact) mass is 1540 g/mol.